The van der Waals surface area contributed by atoms with Crippen molar-refractivity contribution in [2.45, 2.75) is 26.4 Å². The Kier molecular flexibility index (Phi) is 2.90. The molecule has 1 fully saturated rings. The van der Waals surface area contributed by atoms with Gasteiger partial charge in [-0.1, -0.05) is 25.4 Å². The van der Waals surface area contributed by atoms with E-state index >= 15 is 0 Å². The number of hydrogen-bond acceptors (Lipinski definition) is 1. The lowest BCUT2D eigenvalue weighted by Crippen LogP contribution is -2.17. The Morgan fingerprint density at radius 3 is 1.93 bits per heavy atom. The van der Waals surface area contributed by atoms with Gasteiger partial charge in [-0.25, -0.2) is 0 Å². The van der Waals surface area contributed by atoms with Crippen LogP contribution in [0.3, 0.4) is 0 Å². The SMILES string of the molecule is CC1(C)CC1(/C=C(\Cl)C(F)(F)F)C(=O)Cl. The quantitative estimate of drug-likeness (QED) is 0.690. The van der Waals surface area contributed by atoms with Crippen LogP contribution in [0.25, 0.3) is 0 Å². The van der Waals surface area contributed by atoms with E-state index in [1.54, 1.807) is 13.8 Å². The van der Waals surface area contributed by atoms with Crippen molar-refractivity contribution < 1.29 is 18.0 Å². The molecule has 0 aromatic carbocycles. The summed E-state index contributed by atoms with van der Waals surface area (Å²) < 4.78 is 36.5. The summed E-state index contributed by atoms with van der Waals surface area (Å²) in [7, 11) is 0. The van der Waals surface area contributed by atoms with Gasteiger partial charge in [0.15, 0.2) is 0 Å². The fourth-order valence-electron chi connectivity index (χ4n) is 1.59. The number of allylic oxidation sites excluding steroid dienone is 2. The molecule has 0 aromatic heterocycles. The summed E-state index contributed by atoms with van der Waals surface area (Å²) >= 11 is 10.4. The molecule has 0 N–H and O–H groups in total. The molecule has 1 unspecified atom stereocenters. The third-order valence-corrected chi connectivity index (χ3v) is 3.46. The molecule has 1 aliphatic carbocycles. The van der Waals surface area contributed by atoms with Crippen molar-refractivity contribution in [2.75, 3.05) is 0 Å². The van der Waals surface area contributed by atoms with E-state index < -0.39 is 27.3 Å². The lowest BCUT2D eigenvalue weighted by Gasteiger charge is -2.13. The molecule has 0 radical (unpaired) electrons. The maximum Gasteiger partial charge on any atom is 0.426 e. The first kappa shape index (κ1) is 12.8. The number of hydrogen-bond donors (Lipinski definition) is 0. The molecule has 0 aliphatic heterocycles. The zero-order chi connectivity index (χ0) is 12.1. The minimum Gasteiger partial charge on any atom is -0.280 e. The smallest absolute Gasteiger partial charge is 0.280 e. The Balaban J connectivity index is 3.04. The monoisotopic (exact) mass is 260 g/mol. The minimum atomic E-state index is -4.63. The van der Waals surface area contributed by atoms with Crippen LogP contribution in [0.2, 0.25) is 0 Å². The standard InChI is InChI=1S/C9H9Cl2F3O/c1-7(2)4-8(7,6(11)15)3-5(10)9(12,13)14/h3H,4H2,1-2H3/b5-3-. The fourth-order valence-corrected chi connectivity index (χ4v) is 2.15. The first-order valence-corrected chi connectivity index (χ1v) is 4.94. The van der Waals surface area contributed by atoms with E-state index in [0.29, 0.717) is 0 Å². The second-order valence-corrected chi connectivity index (χ2v) is 5.05. The van der Waals surface area contributed by atoms with E-state index in [9.17, 15) is 18.0 Å². The number of alkyl halides is 3. The van der Waals surface area contributed by atoms with Crippen LogP contribution >= 0.6 is 23.2 Å². The van der Waals surface area contributed by atoms with Gasteiger partial charge in [0.2, 0.25) is 5.24 Å². The Labute approximate surface area is 95.2 Å². The lowest BCUT2D eigenvalue weighted by atomic mass is 9.96. The van der Waals surface area contributed by atoms with E-state index in [4.69, 9.17) is 23.2 Å². The number of carbonyl (C=O) groups excluding carboxylic acids is 1. The van der Waals surface area contributed by atoms with Gasteiger partial charge in [-0.05, 0) is 29.5 Å². The summed E-state index contributed by atoms with van der Waals surface area (Å²) in [6.45, 7) is 3.34. The van der Waals surface area contributed by atoms with Crippen molar-refractivity contribution in [3.63, 3.8) is 0 Å². The summed E-state index contributed by atoms with van der Waals surface area (Å²) in [4.78, 5) is 11.1. The lowest BCUT2D eigenvalue weighted by molar-refractivity contribution is -0.115. The molecule has 0 heterocycles. The first-order valence-electron chi connectivity index (χ1n) is 4.18. The van der Waals surface area contributed by atoms with Gasteiger partial charge in [-0.2, -0.15) is 13.2 Å². The van der Waals surface area contributed by atoms with Gasteiger partial charge < -0.3 is 0 Å². The van der Waals surface area contributed by atoms with Crippen LogP contribution in [-0.4, -0.2) is 11.4 Å². The maximum atomic E-state index is 12.2. The third kappa shape index (κ3) is 2.16. The summed E-state index contributed by atoms with van der Waals surface area (Å²) in [5, 5.41) is -2.09. The topological polar surface area (TPSA) is 17.1 Å². The van der Waals surface area contributed by atoms with Crippen LogP contribution in [0.5, 0.6) is 0 Å². The molecule has 1 nitrogen and oxygen atoms in total. The highest BCUT2D eigenvalue weighted by Gasteiger charge is 2.65. The molecule has 1 atom stereocenters. The Morgan fingerprint density at radius 1 is 1.33 bits per heavy atom. The molecule has 0 saturated heterocycles. The molecular formula is C9H9Cl2F3O. The van der Waals surface area contributed by atoms with Crippen molar-refractivity contribution in [1.82, 2.24) is 0 Å². The Hall–Kier alpha value is -0.220. The van der Waals surface area contributed by atoms with Crippen LogP contribution in [0.4, 0.5) is 13.2 Å². The molecule has 0 aromatic rings. The van der Waals surface area contributed by atoms with E-state index in [2.05, 4.69) is 0 Å². The van der Waals surface area contributed by atoms with Crippen molar-refractivity contribution >= 4 is 28.4 Å². The van der Waals surface area contributed by atoms with Gasteiger partial charge in [0.1, 0.15) is 5.03 Å². The van der Waals surface area contributed by atoms with Crippen LogP contribution in [0, 0.1) is 10.8 Å². The van der Waals surface area contributed by atoms with Crippen LogP contribution in [0.15, 0.2) is 11.1 Å². The predicted molar refractivity (Wildman–Crippen MR) is 51.7 cm³/mol. The summed E-state index contributed by atoms with van der Waals surface area (Å²) in [6, 6.07) is 0. The molecule has 6 heteroatoms. The highest BCUT2D eigenvalue weighted by Crippen LogP contribution is 2.66. The second-order valence-electron chi connectivity index (χ2n) is 4.30. The normalized spacial score (nSPS) is 30.2. The van der Waals surface area contributed by atoms with Crippen molar-refractivity contribution in [3.05, 3.63) is 11.1 Å². The van der Waals surface area contributed by atoms with Gasteiger partial charge in [0.05, 0.1) is 5.41 Å². The Bertz CT molecular complexity index is 333. The molecule has 86 valence electrons. The largest absolute Gasteiger partial charge is 0.426 e. The van der Waals surface area contributed by atoms with Crippen LogP contribution < -0.4 is 0 Å². The van der Waals surface area contributed by atoms with Crippen molar-refractivity contribution in [3.8, 4) is 0 Å². The predicted octanol–water partition coefficient (Wildman–Crippen LogP) is 3.85. The highest BCUT2D eigenvalue weighted by atomic mass is 35.5. The highest BCUT2D eigenvalue weighted by molar-refractivity contribution is 6.65. The average molecular weight is 261 g/mol. The summed E-state index contributed by atoms with van der Waals surface area (Å²) in [5.74, 6) is 0. The van der Waals surface area contributed by atoms with Gasteiger partial charge in [-0.15, -0.1) is 0 Å². The summed E-state index contributed by atoms with van der Waals surface area (Å²) in [6.07, 6.45) is -3.61. The number of carbonyl (C=O) groups is 1. The third-order valence-electron chi connectivity index (χ3n) is 2.80. The van der Waals surface area contributed by atoms with Crippen LogP contribution in [0.1, 0.15) is 20.3 Å². The maximum absolute atomic E-state index is 12.2. The minimum absolute atomic E-state index is 0.286. The van der Waals surface area contributed by atoms with E-state index in [0.717, 1.165) is 6.08 Å². The van der Waals surface area contributed by atoms with E-state index in [-0.39, 0.29) is 6.42 Å². The van der Waals surface area contributed by atoms with Crippen LogP contribution in [-0.2, 0) is 4.79 Å². The zero-order valence-electron chi connectivity index (χ0n) is 8.08. The fraction of sp³-hybridized carbons (Fsp3) is 0.667. The second kappa shape index (κ2) is 3.39. The average Bonchev–Trinajstić information content (AvgIpc) is 2.52. The molecule has 1 aliphatic rings. The molecule has 0 spiro atoms. The van der Waals surface area contributed by atoms with Gasteiger partial charge in [0, 0.05) is 0 Å². The van der Waals surface area contributed by atoms with Gasteiger partial charge in [0.25, 0.3) is 0 Å². The molecule has 1 saturated carbocycles. The van der Waals surface area contributed by atoms with Gasteiger partial charge in [-0.3, -0.25) is 4.79 Å². The van der Waals surface area contributed by atoms with E-state index in [1.165, 1.54) is 0 Å². The number of halogens is 5. The van der Waals surface area contributed by atoms with Crippen molar-refractivity contribution in [1.29, 1.82) is 0 Å². The molecule has 1 rings (SSSR count). The van der Waals surface area contributed by atoms with Crippen molar-refractivity contribution in [2.24, 2.45) is 10.8 Å². The molecule has 0 bridgehead atoms. The summed E-state index contributed by atoms with van der Waals surface area (Å²) in [5.41, 5.74) is -1.82. The molecule has 15 heavy (non-hydrogen) atoms. The van der Waals surface area contributed by atoms with E-state index in [1.807, 2.05) is 0 Å². The zero-order valence-corrected chi connectivity index (χ0v) is 9.59. The molecule has 0 amide bonds. The number of rotatable bonds is 2. The Morgan fingerprint density at radius 2 is 1.73 bits per heavy atom. The van der Waals surface area contributed by atoms with Gasteiger partial charge >= 0.3 is 6.18 Å². The first-order chi connectivity index (χ1) is 6.53. The molecular weight excluding hydrogens is 252 g/mol.